The number of nitrogens with two attached hydrogens (primary N) is 1. The Kier molecular flexibility index (Phi) is 4.28. The van der Waals surface area contributed by atoms with E-state index in [1.54, 1.807) is 0 Å². The van der Waals surface area contributed by atoms with Crippen LogP contribution in [0.2, 0.25) is 0 Å². The summed E-state index contributed by atoms with van der Waals surface area (Å²) in [5, 5.41) is 15.1. The van der Waals surface area contributed by atoms with Crippen LogP contribution in [-0.2, 0) is 4.79 Å². The summed E-state index contributed by atoms with van der Waals surface area (Å²) in [5.41, 5.74) is 5.01. The maximum absolute atomic E-state index is 12.5. The van der Waals surface area contributed by atoms with E-state index < -0.39 is 5.41 Å². The molecule has 108 valence electrons. The molecule has 0 aromatic rings. The number of rotatable bonds is 5. The van der Waals surface area contributed by atoms with Crippen molar-refractivity contribution in [1.29, 1.82) is 0 Å². The Bertz CT molecular complexity index is 374. The first kappa shape index (κ1) is 14.5. The molecule has 0 aromatic heterocycles. The van der Waals surface area contributed by atoms with Gasteiger partial charge in [0.25, 0.3) is 0 Å². The second-order valence-electron chi connectivity index (χ2n) is 5.70. The van der Waals surface area contributed by atoms with Crippen LogP contribution in [0, 0.1) is 5.41 Å². The lowest BCUT2D eigenvalue weighted by Gasteiger charge is -2.34. The van der Waals surface area contributed by atoms with E-state index in [9.17, 15) is 4.79 Å². The zero-order valence-electron chi connectivity index (χ0n) is 11.4. The SMILES string of the molecule is CSC1(CNC(=O)C2(C(N)=NO)CCCCC2)CC1. The molecule has 6 heteroatoms. The summed E-state index contributed by atoms with van der Waals surface area (Å²) in [5.74, 6) is 0.00141. The van der Waals surface area contributed by atoms with Gasteiger partial charge in [-0.3, -0.25) is 4.79 Å². The van der Waals surface area contributed by atoms with Crippen LogP contribution in [-0.4, -0.2) is 34.5 Å². The third kappa shape index (κ3) is 2.83. The summed E-state index contributed by atoms with van der Waals surface area (Å²) < 4.78 is 0.233. The lowest BCUT2D eigenvalue weighted by Crippen LogP contribution is -2.52. The minimum Gasteiger partial charge on any atom is -0.409 e. The average molecular weight is 285 g/mol. The van der Waals surface area contributed by atoms with Crippen LogP contribution in [0.1, 0.15) is 44.9 Å². The third-order valence-corrected chi connectivity index (χ3v) is 5.97. The van der Waals surface area contributed by atoms with Crippen LogP contribution >= 0.6 is 11.8 Å². The van der Waals surface area contributed by atoms with Crippen molar-refractivity contribution in [1.82, 2.24) is 5.32 Å². The molecule has 2 saturated carbocycles. The predicted octanol–water partition coefficient (Wildman–Crippen LogP) is 1.70. The number of nitrogens with zero attached hydrogens (tertiary/aromatic N) is 1. The summed E-state index contributed by atoms with van der Waals surface area (Å²) >= 11 is 1.81. The Balaban J connectivity index is 2.03. The Hall–Kier alpha value is -0.910. The smallest absolute Gasteiger partial charge is 0.234 e. The van der Waals surface area contributed by atoms with Gasteiger partial charge in [0.2, 0.25) is 5.91 Å². The summed E-state index contributed by atoms with van der Waals surface area (Å²) in [6.45, 7) is 0.688. The number of nitrogens with one attached hydrogen (secondary N) is 1. The Labute approximate surface area is 118 Å². The van der Waals surface area contributed by atoms with E-state index >= 15 is 0 Å². The molecule has 19 heavy (non-hydrogen) atoms. The molecule has 0 radical (unpaired) electrons. The highest BCUT2D eigenvalue weighted by Gasteiger charge is 2.47. The lowest BCUT2D eigenvalue weighted by molar-refractivity contribution is -0.129. The monoisotopic (exact) mass is 285 g/mol. The summed E-state index contributed by atoms with van der Waals surface area (Å²) in [7, 11) is 0. The van der Waals surface area contributed by atoms with Crippen molar-refractivity contribution < 1.29 is 10.0 Å². The van der Waals surface area contributed by atoms with Crippen LogP contribution < -0.4 is 11.1 Å². The van der Waals surface area contributed by atoms with Crippen molar-refractivity contribution in [2.75, 3.05) is 12.8 Å². The van der Waals surface area contributed by atoms with Crippen molar-refractivity contribution in [2.24, 2.45) is 16.3 Å². The fourth-order valence-electron chi connectivity index (χ4n) is 2.85. The normalized spacial score (nSPS) is 24.8. The number of carbonyl (C=O) groups excluding carboxylic acids is 1. The molecule has 0 saturated heterocycles. The maximum Gasteiger partial charge on any atom is 0.234 e. The number of amidine groups is 1. The second kappa shape index (κ2) is 5.61. The molecule has 0 unspecified atom stereocenters. The molecule has 2 rings (SSSR count). The van der Waals surface area contributed by atoms with E-state index in [2.05, 4.69) is 16.7 Å². The molecular formula is C13H23N3O2S. The summed E-state index contributed by atoms with van der Waals surface area (Å²) in [6, 6.07) is 0. The highest BCUT2D eigenvalue weighted by atomic mass is 32.2. The highest BCUT2D eigenvalue weighted by molar-refractivity contribution is 8.00. The standard InChI is InChI=1S/C13H23N3O2S/c1-19-12(7-8-12)9-15-11(17)13(10(14)16-18)5-3-2-4-6-13/h18H,2-9H2,1H3,(H2,14,16)(H,15,17). The van der Waals surface area contributed by atoms with Crippen molar-refractivity contribution in [3.05, 3.63) is 0 Å². The first-order chi connectivity index (χ1) is 9.08. The molecule has 0 spiro atoms. The van der Waals surface area contributed by atoms with Gasteiger partial charge < -0.3 is 16.3 Å². The number of carbonyl (C=O) groups is 1. The van der Waals surface area contributed by atoms with E-state index in [4.69, 9.17) is 10.9 Å². The number of oxime groups is 1. The molecule has 2 aliphatic rings. The second-order valence-corrected chi connectivity index (χ2v) is 6.97. The fourth-order valence-corrected chi connectivity index (χ4v) is 3.58. The van der Waals surface area contributed by atoms with Crippen LogP contribution in [0.4, 0.5) is 0 Å². The average Bonchev–Trinajstić information content (AvgIpc) is 3.25. The van der Waals surface area contributed by atoms with Gasteiger partial charge in [-0.05, 0) is 31.9 Å². The zero-order chi connectivity index (χ0) is 13.9. The van der Waals surface area contributed by atoms with Gasteiger partial charge in [0.1, 0.15) is 5.41 Å². The molecule has 0 aliphatic heterocycles. The first-order valence-corrected chi connectivity index (χ1v) is 8.12. The summed E-state index contributed by atoms with van der Waals surface area (Å²) in [6.07, 6.45) is 8.79. The first-order valence-electron chi connectivity index (χ1n) is 6.90. The van der Waals surface area contributed by atoms with E-state index in [0.29, 0.717) is 19.4 Å². The van der Waals surface area contributed by atoms with E-state index in [0.717, 1.165) is 32.1 Å². The molecule has 1 amide bonds. The van der Waals surface area contributed by atoms with Gasteiger partial charge in [0.15, 0.2) is 5.84 Å². The molecule has 4 N–H and O–H groups in total. The third-order valence-electron chi connectivity index (χ3n) is 4.55. The van der Waals surface area contributed by atoms with Gasteiger partial charge in [0.05, 0.1) is 0 Å². The molecule has 0 bridgehead atoms. The molecular weight excluding hydrogens is 262 g/mol. The molecule has 0 heterocycles. The van der Waals surface area contributed by atoms with Crippen molar-refractivity contribution >= 4 is 23.5 Å². The van der Waals surface area contributed by atoms with Gasteiger partial charge >= 0.3 is 0 Å². The van der Waals surface area contributed by atoms with Crippen LogP contribution in [0.3, 0.4) is 0 Å². The van der Waals surface area contributed by atoms with Crippen LogP contribution in [0.25, 0.3) is 0 Å². The lowest BCUT2D eigenvalue weighted by atomic mass is 9.72. The molecule has 0 atom stereocenters. The van der Waals surface area contributed by atoms with E-state index in [-0.39, 0.29) is 16.5 Å². The number of amides is 1. The summed E-state index contributed by atoms with van der Waals surface area (Å²) in [4.78, 5) is 12.5. The maximum atomic E-state index is 12.5. The Morgan fingerprint density at radius 1 is 1.32 bits per heavy atom. The van der Waals surface area contributed by atoms with Gasteiger partial charge in [-0.25, -0.2) is 0 Å². The van der Waals surface area contributed by atoms with Gasteiger partial charge in [0, 0.05) is 11.3 Å². The van der Waals surface area contributed by atoms with Crippen molar-refractivity contribution in [2.45, 2.75) is 49.7 Å². The van der Waals surface area contributed by atoms with Crippen LogP contribution in [0.15, 0.2) is 5.16 Å². The number of thioether (sulfide) groups is 1. The Morgan fingerprint density at radius 3 is 2.42 bits per heavy atom. The fraction of sp³-hybridized carbons (Fsp3) is 0.846. The predicted molar refractivity (Wildman–Crippen MR) is 77.4 cm³/mol. The van der Waals surface area contributed by atoms with E-state index in [1.807, 2.05) is 11.8 Å². The molecule has 2 aliphatic carbocycles. The molecule has 5 nitrogen and oxygen atoms in total. The highest BCUT2D eigenvalue weighted by Crippen LogP contribution is 2.46. The molecule has 2 fully saturated rings. The quantitative estimate of drug-likeness (QED) is 0.310. The van der Waals surface area contributed by atoms with Gasteiger partial charge in [-0.15, -0.1) is 0 Å². The van der Waals surface area contributed by atoms with Gasteiger partial charge in [-0.1, -0.05) is 24.4 Å². The largest absolute Gasteiger partial charge is 0.409 e. The minimum atomic E-state index is -0.790. The van der Waals surface area contributed by atoms with Crippen molar-refractivity contribution in [3.63, 3.8) is 0 Å². The minimum absolute atomic E-state index is 0.0668. The topological polar surface area (TPSA) is 87.7 Å². The van der Waals surface area contributed by atoms with Crippen molar-refractivity contribution in [3.8, 4) is 0 Å². The van der Waals surface area contributed by atoms with Gasteiger partial charge in [-0.2, -0.15) is 11.8 Å². The van der Waals surface area contributed by atoms with Crippen LogP contribution in [0.5, 0.6) is 0 Å². The number of hydrogen-bond donors (Lipinski definition) is 3. The zero-order valence-corrected chi connectivity index (χ0v) is 12.3. The molecule has 0 aromatic carbocycles. The number of hydrogen-bond acceptors (Lipinski definition) is 4. The Morgan fingerprint density at radius 2 is 1.95 bits per heavy atom. The van der Waals surface area contributed by atoms with E-state index in [1.165, 1.54) is 0 Å².